The average molecular weight is 511 g/mol. The van der Waals surface area contributed by atoms with E-state index < -0.39 is 0 Å². The topological polar surface area (TPSA) is 55.4 Å². The van der Waals surface area contributed by atoms with E-state index in [1.807, 2.05) is 0 Å². The lowest BCUT2D eigenvalue weighted by atomic mass is 10.2. The highest BCUT2D eigenvalue weighted by Gasteiger charge is 1.94. The first-order valence-electron chi connectivity index (χ1n) is 9.50. The van der Waals surface area contributed by atoms with Crippen molar-refractivity contribution in [3.8, 4) is 0 Å². The molecule has 0 atom stereocenters. The van der Waals surface area contributed by atoms with Gasteiger partial charge in [-0.2, -0.15) is 0 Å². The van der Waals surface area contributed by atoms with Crippen molar-refractivity contribution >= 4 is 34.2 Å². The molecule has 0 amide bonds. The molecule has 0 aliphatic heterocycles. The van der Waals surface area contributed by atoms with Crippen LogP contribution in [0.25, 0.3) is 0 Å². The second-order valence-corrected chi connectivity index (χ2v) is 6.92. The molecule has 0 aromatic heterocycles. The highest BCUT2D eigenvalue weighted by atomic mass is 127. The third kappa shape index (κ3) is 24.8. The molecule has 26 heavy (non-hydrogen) atoms. The molecule has 0 unspecified atom stereocenters. The molecule has 0 aromatic carbocycles. The first-order chi connectivity index (χ1) is 12.9. The molecule has 0 spiro atoms. The number of hydrogen-bond acceptors (Lipinski definition) is 6. The molecule has 0 fully saturated rings. The Morgan fingerprint density at radius 3 is 1.15 bits per heavy atom. The summed E-state index contributed by atoms with van der Waals surface area (Å²) in [5, 5.41) is 0. The minimum Gasteiger partial charge on any atom is -0.379 e. The Hall–Kier alpha value is 0.780. The van der Waals surface area contributed by atoms with Gasteiger partial charge >= 0.3 is 0 Å². The monoisotopic (exact) mass is 510 g/mol. The van der Waals surface area contributed by atoms with E-state index in [9.17, 15) is 0 Å². The van der Waals surface area contributed by atoms with Gasteiger partial charge in [0.1, 0.15) is 0 Å². The largest absolute Gasteiger partial charge is 0.379 e. The molecule has 0 bridgehead atoms. The SMILES string of the molecule is ClCCOCCOCCOCCOCCOCCOCCCCCCI. The Morgan fingerprint density at radius 2 is 0.769 bits per heavy atom. The van der Waals surface area contributed by atoms with Crippen LogP contribution in [0.4, 0.5) is 0 Å². The zero-order chi connectivity index (χ0) is 19.0. The molecule has 0 saturated carbocycles. The molecule has 0 rings (SSSR count). The molecule has 0 aliphatic carbocycles. The molecule has 0 saturated heterocycles. The maximum Gasteiger partial charge on any atom is 0.0701 e. The number of halogens is 2. The number of rotatable bonds is 23. The van der Waals surface area contributed by atoms with Crippen molar-refractivity contribution in [2.24, 2.45) is 0 Å². The van der Waals surface area contributed by atoms with Gasteiger partial charge in [-0.3, -0.25) is 0 Å². The van der Waals surface area contributed by atoms with Crippen molar-refractivity contribution in [3.05, 3.63) is 0 Å². The van der Waals surface area contributed by atoms with Crippen LogP contribution in [-0.2, 0) is 28.4 Å². The lowest BCUT2D eigenvalue weighted by molar-refractivity contribution is -0.0162. The molecular weight excluding hydrogens is 475 g/mol. The summed E-state index contributed by atoms with van der Waals surface area (Å²) >= 11 is 7.90. The van der Waals surface area contributed by atoms with Gasteiger partial charge in [-0.15, -0.1) is 11.6 Å². The van der Waals surface area contributed by atoms with Crippen LogP contribution in [0.3, 0.4) is 0 Å². The van der Waals surface area contributed by atoms with Gasteiger partial charge in [0.15, 0.2) is 0 Å². The normalized spacial score (nSPS) is 11.3. The molecule has 158 valence electrons. The van der Waals surface area contributed by atoms with Crippen LogP contribution in [0.15, 0.2) is 0 Å². The number of alkyl halides is 2. The lowest BCUT2D eigenvalue weighted by Crippen LogP contribution is -2.14. The van der Waals surface area contributed by atoms with Gasteiger partial charge in [0.25, 0.3) is 0 Å². The van der Waals surface area contributed by atoms with Gasteiger partial charge in [-0.05, 0) is 17.3 Å². The fraction of sp³-hybridized carbons (Fsp3) is 1.00. The first kappa shape index (κ1) is 26.8. The summed E-state index contributed by atoms with van der Waals surface area (Å²) in [6.07, 6.45) is 5.02. The average Bonchev–Trinajstić information content (AvgIpc) is 2.66. The Morgan fingerprint density at radius 1 is 0.423 bits per heavy atom. The van der Waals surface area contributed by atoms with Crippen molar-refractivity contribution in [1.29, 1.82) is 0 Å². The van der Waals surface area contributed by atoms with Crippen LogP contribution in [0.2, 0.25) is 0 Å². The maximum atomic E-state index is 5.52. The Balaban J connectivity index is 2.95. The fourth-order valence-electron chi connectivity index (χ4n) is 1.91. The van der Waals surface area contributed by atoms with Crippen LogP contribution in [0.1, 0.15) is 25.7 Å². The van der Waals surface area contributed by atoms with E-state index in [1.165, 1.54) is 23.7 Å². The predicted octanol–water partition coefficient (Wildman–Crippen LogP) is 3.32. The summed E-state index contributed by atoms with van der Waals surface area (Å²) in [6.45, 7) is 7.23. The van der Waals surface area contributed by atoms with E-state index >= 15 is 0 Å². The van der Waals surface area contributed by atoms with Gasteiger partial charge in [-0.1, -0.05) is 35.4 Å². The van der Waals surface area contributed by atoms with Crippen LogP contribution in [0.5, 0.6) is 0 Å². The predicted molar refractivity (Wildman–Crippen MR) is 113 cm³/mol. The zero-order valence-corrected chi connectivity index (χ0v) is 18.8. The first-order valence-corrected chi connectivity index (χ1v) is 11.6. The lowest BCUT2D eigenvalue weighted by Gasteiger charge is -2.08. The molecule has 0 aliphatic rings. The van der Waals surface area contributed by atoms with E-state index in [-0.39, 0.29) is 0 Å². The zero-order valence-electron chi connectivity index (χ0n) is 15.9. The third-order valence-electron chi connectivity index (χ3n) is 3.25. The fourth-order valence-corrected chi connectivity index (χ4v) is 2.56. The van der Waals surface area contributed by atoms with E-state index in [4.69, 9.17) is 40.0 Å². The van der Waals surface area contributed by atoms with Gasteiger partial charge < -0.3 is 28.4 Å². The molecule has 6 nitrogen and oxygen atoms in total. The van der Waals surface area contributed by atoms with Crippen LogP contribution in [0, 0.1) is 0 Å². The summed E-state index contributed by atoms with van der Waals surface area (Å²) < 4.78 is 33.6. The molecular formula is C18H36ClIO6. The second-order valence-electron chi connectivity index (χ2n) is 5.47. The third-order valence-corrected chi connectivity index (χ3v) is 4.17. The molecule has 8 heteroatoms. The van der Waals surface area contributed by atoms with Crippen molar-refractivity contribution in [3.63, 3.8) is 0 Å². The standard InChI is InChI=1S/C18H36ClIO6/c19-5-8-22-10-12-24-14-16-26-18-17-25-15-13-23-11-9-21-7-4-2-1-3-6-20/h1-18H2. The molecule has 0 aromatic rings. The molecule has 0 radical (unpaired) electrons. The highest BCUT2D eigenvalue weighted by Crippen LogP contribution is 2.02. The number of unbranched alkanes of at least 4 members (excludes halogenated alkanes) is 3. The minimum atomic E-state index is 0.515. The van der Waals surface area contributed by atoms with Crippen LogP contribution in [-0.4, -0.2) is 89.6 Å². The second kappa shape index (κ2) is 25.8. The van der Waals surface area contributed by atoms with Gasteiger partial charge in [0.05, 0.1) is 72.7 Å². The van der Waals surface area contributed by atoms with Crippen molar-refractivity contribution < 1.29 is 28.4 Å². The van der Waals surface area contributed by atoms with Crippen molar-refractivity contribution in [2.45, 2.75) is 25.7 Å². The Labute approximate surface area is 177 Å². The Bertz CT molecular complexity index is 228. The van der Waals surface area contributed by atoms with E-state index in [0.29, 0.717) is 78.6 Å². The van der Waals surface area contributed by atoms with Crippen molar-refractivity contribution in [1.82, 2.24) is 0 Å². The quantitative estimate of drug-likeness (QED) is 0.119. The Kier molecular flexibility index (Phi) is 26.6. The van der Waals surface area contributed by atoms with E-state index in [0.717, 1.165) is 13.0 Å². The number of ether oxygens (including phenoxy) is 6. The van der Waals surface area contributed by atoms with Crippen LogP contribution < -0.4 is 0 Å². The van der Waals surface area contributed by atoms with Crippen molar-refractivity contribution in [2.75, 3.05) is 89.6 Å². The summed E-state index contributed by atoms with van der Waals surface area (Å²) in [5.74, 6) is 0.515. The van der Waals surface area contributed by atoms with Gasteiger partial charge in [-0.25, -0.2) is 0 Å². The maximum absolute atomic E-state index is 5.52. The summed E-state index contributed by atoms with van der Waals surface area (Å²) in [4.78, 5) is 0. The van der Waals surface area contributed by atoms with Gasteiger partial charge in [0.2, 0.25) is 0 Å². The smallest absolute Gasteiger partial charge is 0.0701 e. The molecule has 0 heterocycles. The van der Waals surface area contributed by atoms with Crippen LogP contribution >= 0.6 is 34.2 Å². The van der Waals surface area contributed by atoms with E-state index in [1.54, 1.807) is 0 Å². The minimum absolute atomic E-state index is 0.515. The summed E-state index contributed by atoms with van der Waals surface area (Å²) in [5.41, 5.74) is 0. The van der Waals surface area contributed by atoms with Gasteiger partial charge in [0, 0.05) is 12.5 Å². The summed E-state index contributed by atoms with van der Waals surface area (Å²) in [7, 11) is 0. The summed E-state index contributed by atoms with van der Waals surface area (Å²) in [6, 6.07) is 0. The highest BCUT2D eigenvalue weighted by molar-refractivity contribution is 14.1. The number of hydrogen-bond donors (Lipinski definition) is 0. The molecule has 0 N–H and O–H groups in total. The van der Waals surface area contributed by atoms with E-state index in [2.05, 4.69) is 22.6 Å².